The number of rotatable bonds is 3. The van der Waals surface area contributed by atoms with Crippen molar-refractivity contribution in [2.45, 2.75) is 25.6 Å². The van der Waals surface area contributed by atoms with Crippen LogP contribution in [0.2, 0.25) is 0 Å². The molecule has 1 amide bonds. The van der Waals surface area contributed by atoms with Crippen LogP contribution in [0.15, 0.2) is 12.3 Å². The summed E-state index contributed by atoms with van der Waals surface area (Å²) in [6.07, 6.45) is 2.75. The Morgan fingerprint density at radius 3 is 2.54 bits per heavy atom. The van der Waals surface area contributed by atoms with Gasteiger partial charge in [0.05, 0.1) is 29.8 Å². The highest BCUT2D eigenvalue weighted by atomic mass is 32.2. The molecule has 2 saturated heterocycles. The number of carbonyl (C=O) groups is 1. The van der Waals surface area contributed by atoms with Crippen LogP contribution in [0, 0.1) is 0 Å². The number of aromatic nitrogens is 2. The van der Waals surface area contributed by atoms with Crippen molar-refractivity contribution in [3.8, 4) is 0 Å². The lowest BCUT2D eigenvalue weighted by atomic mass is 10.1. The monoisotopic (exact) mass is 376 g/mol. The third kappa shape index (κ3) is 3.07. The Kier molecular flexibility index (Phi) is 4.21. The molecule has 2 fully saturated rings. The van der Waals surface area contributed by atoms with Gasteiger partial charge in [-0.2, -0.15) is 9.40 Å². The van der Waals surface area contributed by atoms with Crippen molar-refractivity contribution in [3.63, 3.8) is 0 Å². The third-order valence-electron chi connectivity index (χ3n) is 4.50. The lowest BCUT2D eigenvalue weighted by Crippen LogP contribution is -2.61. The lowest BCUT2D eigenvalue weighted by Gasteiger charge is -2.42. The van der Waals surface area contributed by atoms with E-state index in [0.29, 0.717) is 6.54 Å². The summed E-state index contributed by atoms with van der Waals surface area (Å²) in [6, 6.07) is 0.196. The Hall–Kier alpha value is -1.46. The van der Waals surface area contributed by atoms with Crippen LogP contribution in [0.25, 0.3) is 0 Å². The number of sulfone groups is 1. The Bertz CT molecular complexity index is 861. The molecule has 0 unspecified atom stereocenters. The average molecular weight is 376 g/mol. The number of hydrogen-bond acceptors (Lipinski definition) is 6. The summed E-state index contributed by atoms with van der Waals surface area (Å²) < 4.78 is 50.8. The minimum absolute atomic E-state index is 0.0930. The number of piperazine rings is 1. The zero-order valence-electron chi connectivity index (χ0n) is 13.5. The number of sulfonamides is 1. The molecular weight excluding hydrogens is 356 g/mol. The van der Waals surface area contributed by atoms with E-state index < -0.39 is 31.9 Å². The van der Waals surface area contributed by atoms with Crippen molar-refractivity contribution in [2.24, 2.45) is 0 Å². The van der Waals surface area contributed by atoms with Crippen LogP contribution < -0.4 is 0 Å². The summed E-state index contributed by atoms with van der Waals surface area (Å²) in [5, 5.41) is 4.17. The maximum absolute atomic E-state index is 12.7. The van der Waals surface area contributed by atoms with Gasteiger partial charge < -0.3 is 4.90 Å². The minimum Gasteiger partial charge on any atom is -0.330 e. The fourth-order valence-corrected chi connectivity index (χ4v) is 6.58. The van der Waals surface area contributed by atoms with Crippen molar-refractivity contribution in [3.05, 3.63) is 18.0 Å². The Morgan fingerprint density at radius 1 is 1.29 bits per heavy atom. The van der Waals surface area contributed by atoms with Crippen molar-refractivity contribution >= 4 is 25.8 Å². The highest BCUT2D eigenvalue weighted by Gasteiger charge is 2.50. The molecular formula is C13H20N4O5S2. The molecule has 2 aliphatic rings. The van der Waals surface area contributed by atoms with E-state index in [1.165, 1.54) is 9.21 Å². The number of aryl methyl sites for hydroxylation is 1. The van der Waals surface area contributed by atoms with Crippen LogP contribution in [0.3, 0.4) is 0 Å². The Balaban J connectivity index is 1.92. The number of amides is 1. The van der Waals surface area contributed by atoms with Gasteiger partial charge in [0, 0.05) is 25.8 Å². The van der Waals surface area contributed by atoms with E-state index in [0.717, 1.165) is 6.26 Å². The second-order valence-electron chi connectivity index (χ2n) is 6.14. The van der Waals surface area contributed by atoms with Crippen molar-refractivity contribution in [1.29, 1.82) is 0 Å². The number of fused-ring (bicyclic) bond motifs is 1. The maximum Gasteiger partial charge on any atom is 0.274 e. The lowest BCUT2D eigenvalue weighted by molar-refractivity contribution is 0.0510. The molecule has 9 nitrogen and oxygen atoms in total. The molecule has 3 heterocycles. The SMILES string of the molecule is CCn1ccc(C(=O)N2CCN(S(C)(=O)=O)[C@@H]3CS(=O)(=O)C[C@@H]32)n1. The first-order valence-electron chi connectivity index (χ1n) is 7.64. The molecule has 11 heteroatoms. The average Bonchev–Trinajstić information content (AvgIpc) is 3.06. The highest BCUT2D eigenvalue weighted by Crippen LogP contribution is 2.29. The van der Waals surface area contributed by atoms with Crippen molar-refractivity contribution in [2.75, 3.05) is 30.9 Å². The highest BCUT2D eigenvalue weighted by molar-refractivity contribution is 7.92. The molecule has 3 rings (SSSR count). The summed E-state index contributed by atoms with van der Waals surface area (Å²) in [7, 11) is -6.93. The first-order chi connectivity index (χ1) is 11.1. The first kappa shape index (κ1) is 17.4. The summed E-state index contributed by atoms with van der Waals surface area (Å²) in [6.45, 7) is 2.76. The first-order valence-corrected chi connectivity index (χ1v) is 11.3. The standard InChI is InChI=1S/C13H20N4O5S2/c1-3-15-5-4-10(14-15)13(18)16-6-7-17(23(2,19)20)12-9-24(21,22)8-11(12)16/h4-5,11-12H,3,6-9H2,1-2H3/t11-,12+/m0/s1. The summed E-state index contributed by atoms with van der Waals surface area (Å²) in [5.74, 6) is -0.829. The third-order valence-corrected chi connectivity index (χ3v) is 7.50. The molecule has 0 saturated carbocycles. The van der Waals surface area contributed by atoms with E-state index in [4.69, 9.17) is 0 Å². The van der Waals surface area contributed by atoms with Crippen LogP contribution in [0.4, 0.5) is 0 Å². The van der Waals surface area contributed by atoms with Crippen molar-refractivity contribution < 1.29 is 21.6 Å². The molecule has 2 aliphatic heterocycles. The number of nitrogens with zero attached hydrogens (tertiary/aromatic N) is 4. The second-order valence-corrected chi connectivity index (χ2v) is 10.2. The zero-order chi connectivity index (χ0) is 17.7. The van der Waals surface area contributed by atoms with Crippen LogP contribution in [0.1, 0.15) is 17.4 Å². The quantitative estimate of drug-likeness (QED) is 0.654. The smallest absolute Gasteiger partial charge is 0.274 e. The van der Waals surface area contributed by atoms with Crippen LogP contribution >= 0.6 is 0 Å². The molecule has 0 bridgehead atoms. The summed E-state index contributed by atoms with van der Waals surface area (Å²) in [4.78, 5) is 14.2. The van der Waals surface area contributed by atoms with Gasteiger partial charge in [-0.25, -0.2) is 16.8 Å². The van der Waals surface area contributed by atoms with Gasteiger partial charge in [0.2, 0.25) is 10.0 Å². The van der Waals surface area contributed by atoms with Gasteiger partial charge in [0.1, 0.15) is 5.69 Å². The largest absolute Gasteiger partial charge is 0.330 e. The van der Waals surface area contributed by atoms with E-state index in [1.807, 2.05) is 6.92 Å². The molecule has 0 aromatic carbocycles. The molecule has 0 spiro atoms. The molecule has 134 valence electrons. The molecule has 0 N–H and O–H groups in total. The normalized spacial score (nSPS) is 27.2. The van der Waals surface area contributed by atoms with Gasteiger partial charge in [-0.1, -0.05) is 0 Å². The van der Waals surface area contributed by atoms with Gasteiger partial charge in [0.15, 0.2) is 9.84 Å². The molecule has 0 radical (unpaired) electrons. The van der Waals surface area contributed by atoms with E-state index >= 15 is 0 Å². The van der Waals surface area contributed by atoms with Gasteiger partial charge in [-0.05, 0) is 13.0 Å². The van der Waals surface area contributed by atoms with E-state index in [2.05, 4.69) is 5.10 Å². The molecule has 2 atom stereocenters. The van der Waals surface area contributed by atoms with Gasteiger partial charge in [0.25, 0.3) is 5.91 Å². The predicted molar refractivity (Wildman–Crippen MR) is 86.7 cm³/mol. The minimum atomic E-state index is -3.53. The van der Waals surface area contributed by atoms with Crippen LogP contribution in [-0.4, -0.2) is 84.7 Å². The molecule has 1 aromatic rings. The van der Waals surface area contributed by atoms with Crippen LogP contribution in [0.5, 0.6) is 0 Å². The number of carbonyl (C=O) groups excluding carboxylic acids is 1. The van der Waals surface area contributed by atoms with E-state index in [1.54, 1.807) is 16.9 Å². The summed E-state index contributed by atoms with van der Waals surface area (Å²) in [5.41, 5.74) is 0.243. The fourth-order valence-electron chi connectivity index (χ4n) is 3.38. The second kappa shape index (κ2) is 5.81. The topological polar surface area (TPSA) is 110 Å². The maximum atomic E-state index is 12.7. The Labute approximate surface area is 141 Å². The van der Waals surface area contributed by atoms with Crippen LogP contribution in [-0.2, 0) is 26.4 Å². The van der Waals surface area contributed by atoms with Gasteiger partial charge in [-0.3, -0.25) is 9.48 Å². The van der Waals surface area contributed by atoms with E-state index in [9.17, 15) is 21.6 Å². The molecule has 0 aliphatic carbocycles. The predicted octanol–water partition coefficient (Wildman–Crippen LogP) is -1.21. The number of hydrogen-bond donors (Lipinski definition) is 0. The Morgan fingerprint density at radius 2 is 1.96 bits per heavy atom. The van der Waals surface area contributed by atoms with Gasteiger partial charge >= 0.3 is 0 Å². The summed E-state index contributed by atoms with van der Waals surface area (Å²) >= 11 is 0. The van der Waals surface area contributed by atoms with Crippen molar-refractivity contribution in [1.82, 2.24) is 19.0 Å². The van der Waals surface area contributed by atoms with Gasteiger partial charge in [-0.15, -0.1) is 0 Å². The molecule has 24 heavy (non-hydrogen) atoms. The fraction of sp³-hybridized carbons (Fsp3) is 0.692. The van der Waals surface area contributed by atoms with E-state index in [-0.39, 0.29) is 36.2 Å². The molecule has 1 aromatic heterocycles. The zero-order valence-corrected chi connectivity index (χ0v) is 15.1.